The third-order valence-corrected chi connectivity index (χ3v) is 7.65. The van der Waals surface area contributed by atoms with Crippen LogP contribution in [0, 0.1) is 13.8 Å². The summed E-state index contributed by atoms with van der Waals surface area (Å²) in [7, 11) is 1.57. The summed E-state index contributed by atoms with van der Waals surface area (Å²) in [6, 6.07) is 21.5. The summed E-state index contributed by atoms with van der Waals surface area (Å²) in [5.41, 5.74) is 5.33. The molecule has 210 valence electrons. The van der Waals surface area contributed by atoms with Crippen LogP contribution in [0.4, 0.5) is 5.69 Å². The van der Waals surface area contributed by atoms with Gasteiger partial charge in [-0.05, 0) is 80.2 Å². The minimum atomic E-state index is -0.979. The molecule has 0 aliphatic carbocycles. The number of carbonyl (C=O) groups excluding carboxylic acids is 1. The highest BCUT2D eigenvalue weighted by atomic mass is 32.1. The summed E-state index contributed by atoms with van der Waals surface area (Å²) in [4.78, 5) is 31.3. The average molecular weight is 570 g/mol. The van der Waals surface area contributed by atoms with E-state index in [-0.39, 0.29) is 30.0 Å². The molecule has 2 aromatic heterocycles. The molecule has 2 atom stereocenters. The SMILES string of the molecule is COc1ccccc1NC(=O)CCN1C(=S)N[C@H](c2ccccn2)[C@@H]1c1cc(C)n(-c2cccc(C(=O)O)c2)c1C. The van der Waals surface area contributed by atoms with Crippen LogP contribution in [0.2, 0.25) is 0 Å². The zero-order chi connectivity index (χ0) is 29.1. The molecule has 0 bridgehead atoms. The second-order valence-corrected chi connectivity index (χ2v) is 10.2. The highest BCUT2D eigenvalue weighted by Gasteiger charge is 2.41. The summed E-state index contributed by atoms with van der Waals surface area (Å²) < 4.78 is 7.41. The first kappa shape index (κ1) is 27.9. The summed E-state index contributed by atoms with van der Waals surface area (Å²) in [6.07, 6.45) is 1.95. The lowest BCUT2D eigenvalue weighted by Crippen LogP contribution is -2.33. The van der Waals surface area contributed by atoms with E-state index >= 15 is 0 Å². The molecular formula is C31H31N5O4S. The van der Waals surface area contributed by atoms with Gasteiger partial charge < -0.3 is 29.9 Å². The van der Waals surface area contributed by atoms with Gasteiger partial charge in [0.15, 0.2) is 5.11 Å². The maximum atomic E-state index is 13.0. The van der Waals surface area contributed by atoms with Crippen LogP contribution in [0.1, 0.15) is 51.5 Å². The highest BCUT2D eigenvalue weighted by Crippen LogP contribution is 2.41. The second kappa shape index (κ2) is 11.8. The minimum absolute atomic E-state index is 0.159. The molecule has 3 heterocycles. The van der Waals surface area contributed by atoms with E-state index in [1.54, 1.807) is 43.6 Å². The van der Waals surface area contributed by atoms with Gasteiger partial charge in [0.2, 0.25) is 5.91 Å². The zero-order valence-corrected chi connectivity index (χ0v) is 23.8. The molecule has 2 aromatic carbocycles. The van der Waals surface area contributed by atoms with Crippen molar-refractivity contribution in [3.63, 3.8) is 0 Å². The third kappa shape index (κ3) is 5.64. The predicted octanol–water partition coefficient (Wildman–Crippen LogP) is 5.20. The van der Waals surface area contributed by atoms with Crippen molar-refractivity contribution >= 4 is 34.9 Å². The number of nitrogens with zero attached hydrogens (tertiary/aromatic N) is 3. The number of benzene rings is 2. The van der Waals surface area contributed by atoms with E-state index in [1.807, 2.05) is 59.7 Å². The van der Waals surface area contributed by atoms with E-state index in [0.29, 0.717) is 23.1 Å². The Hall–Kier alpha value is -4.70. The van der Waals surface area contributed by atoms with Gasteiger partial charge in [-0.2, -0.15) is 0 Å². The van der Waals surface area contributed by atoms with Crippen molar-refractivity contribution in [2.75, 3.05) is 19.0 Å². The van der Waals surface area contributed by atoms with Gasteiger partial charge in [0.1, 0.15) is 5.75 Å². The molecule has 1 fully saturated rings. The summed E-state index contributed by atoms with van der Waals surface area (Å²) >= 11 is 5.80. The molecule has 5 rings (SSSR count). The van der Waals surface area contributed by atoms with Gasteiger partial charge in [0, 0.05) is 36.2 Å². The van der Waals surface area contributed by atoms with Gasteiger partial charge in [0.05, 0.1) is 36.1 Å². The number of hydrogen-bond acceptors (Lipinski definition) is 5. The molecule has 3 N–H and O–H groups in total. The van der Waals surface area contributed by atoms with E-state index in [9.17, 15) is 14.7 Å². The maximum Gasteiger partial charge on any atom is 0.335 e. The molecule has 41 heavy (non-hydrogen) atoms. The molecule has 1 aliphatic heterocycles. The molecule has 10 heteroatoms. The van der Waals surface area contributed by atoms with E-state index in [1.165, 1.54) is 0 Å². The number of thiocarbonyl (C=S) groups is 1. The fourth-order valence-electron chi connectivity index (χ4n) is 5.43. The van der Waals surface area contributed by atoms with E-state index in [4.69, 9.17) is 17.0 Å². The molecular weight excluding hydrogens is 538 g/mol. The number of aromatic carboxylic acids is 1. The van der Waals surface area contributed by atoms with Crippen molar-refractivity contribution in [3.8, 4) is 11.4 Å². The number of hydrogen-bond donors (Lipinski definition) is 3. The van der Waals surface area contributed by atoms with Gasteiger partial charge in [0.25, 0.3) is 0 Å². The monoisotopic (exact) mass is 569 g/mol. The van der Waals surface area contributed by atoms with Crippen molar-refractivity contribution in [1.29, 1.82) is 0 Å². The Labute approximate surface area is 243 Å². The summed E-state index contributed by atoms with van der Waals surface area (Å²) in [5.74, 6) is -0.548. The van der Waals surface area contributed by atoms with Crippen LogP contribution in [0.3, 0.4) is 0 Å². The topological polar surface area (TPSA) is 109 Å². The van der Waals surface area contributed by atoms with Crippen molar-refractivity contribution in [2.24, 2.45) is 0 Å². The van der Waals surface area contributed by atoms with Gasteiger partial charge in [-0.25, -0.2) is 4.79 Å². The molecule has 9 nitrogen and oxygen atoms in total. The van der Waals surface area contributed by atoms with E-state index in [0.717, 1.165) is 28.3 Å². The summed E-state index contributed by atoms with van der Waals surface area (Å²) in [5, 5.41) is 16.4. The van der Waals surface area contributed by atoms with E-state index < -0.39 is 5.97 Å². The average Bonchev–Trinajstić information content (AvgIpc) is 3.46. The fourth-order valence-corrected chi connectivity index (χ4v) is 5.76. The summed E-state index contributed by atoms with van der Waals surface area (Å²) in [6.45, 7) is 4.38. The van der Waals surface area contributed by atoms with Crippen LogP contribution >= 0.6 is 12.2 Å². The number of pyridine rings is 1. The van der Waals surface area contributed by atoms with Gasteiger partial charge in [-0.15, -0.1) is 0 Å². The van der Waals surface area contributed by atoms with Gasteiger partial charge >= 0.3 is 5.97 Å². The number of anilines is 1. The lowest BCUT2D eigenvalue weighted by molar-refractivity contribution is -0.116. The van der Waals surface area contributed by atoms with Crippen LogP contribution in [-0.4, -0.2) is 50.2 Å². The number of carboxylic acids is 1. The van der Waals surface area contributed by atoms with Crippen LogP contribution in [0.15, 0.2) is 79.0 Å². The number of carboxylic acid groups (broad SMARTS) is 1. The number of para-hydroxylation sites is 2. The second-order valence-electron chi connectivity index (χ2n) is 9.84. The standard InChI is InChI=1S/C31H31N5O4S/c1-19-17-23(20(2)36(19)22-10-8-9-21(18-22)30(38)39)29-28(25-12-6-7-15-32-25)34-31(41)35(29)16-14-27(37)33-24-11-4-5-13-26(24)40-3/h4-13,15,17-18,28-29H,14,16H2,1-3H3,(H,33,37)(H,34,41)(H,38,39)/t28-,29+/m1/s1. The Balaban J connectivity index is 1.48. The lowest BCUT2D eigenvalue weighted by atomic mass is 9.96. The normalized spacial score (nSPS) is 16.4. The van der Waals surface area contributed by atoms with Crippen molar-refractivity contribution in [2.45, 2.75) is 32.4 Å². The molecule has 4 aromatic rings. The Bertz CT molecular complexity index is 1600. The quantitative estimate of drug-likeness (QED) is 0.236. The number of aromatic nitrogens is 2. The smallest absolute Gasteiger partial charge is 0.335 e. The highest BCUT2D eigenvalue weighted by molar-refractivity contribution is 7.80. The third-order valence-electron chi connectivity index (χ3n) is 7.30. The zero-order valence-electron chi connectivity index (χ0n) is 23.0. The van der Waals surface area contributed by atoms with Crippen LogP contribution in [-0.2, 0) is 4.79 Å². The minimum Gasteiger partial charge on any atom is -0.495 e. The van der Waals surface area contributed by atoms with Crippen LogP contribution in [0.25, 0.3) is 5.69 Å². The molecule has 1 saturated heterocycles. The van der Waals surface area contributed by atoms with Crippen molar-refractivity contribution < 1.29 is 19.4 Å². The Morgan fingerprint density at radius 1 is 1.07 bits per heavy atom. The number of methoxy groups -OCH3 is 1. The van der Waals surface area contributed by atoms with E-state index in [2.05, 4.69) is 21.7 Å². The molecule has 1 amide bonds. The van der Waals surface area contributed by atoms with Crippen LogP contribution < -0.4 is 15.4 Å². The first-order valence-electron chi connectivity index (χ1n) is 13.2. The number of rotatable bonds is 9. The molecule has 1 aliphatic rings. The molecule has 0 unspecified atom stereocenters. The van der Waals surface area contributed by atoms with Crippen molar-refractivity contribution in [3.05, 3.63) is 107 Å². The molecule has 0 radical (unpaired) electrons. The number of carbonyl (C=O) groups is 2. The largest absolute Gasteiger partial charge is 0.495 e. The first-order valence-corrected chi connectivity index (χ1v) is 13.6. The first-order chi connectivity index (χ1) is 19.8. The van der Waals surface area contributed by atoms with Gasteiger partial charge in [-0.1, -0.05) is 24.3 Å². The van der Waals surface area contributed by atoms with Crippen molar-refractivity contribution in [1.82, 2.24) is 19.8 Å². The Morgan fingerprint density at radius 2 is 1.85 bits per heavy atom. The maximum absolute atomic E-state index is 13.0. The number of amides is 1. The Morgan fingerprint density at radius 3 is 2.59 bits per heavy atom. The van der Waals surface area contributed by atoms with Crippen LogP contribution in [0.5, 0.6) is 5.75 Å². The predicted molar refractivity (Wildman–Crippen MR) is 161 cm³/mol. The van der Waals surface area contributed by atoms with Gasteiger partial charge in [-0.3, -0.25) is 9.78 Å². The number of nitrogens with one attached hydrogen (secondary N) is 2. The number of aryl methyl sites for hydroxylation is 1. The fraction of sp³-hybridized carbons (Fsp3) is 0.226. The number of ether oxygens (including phenoxy) is 1. The molecule has 0 spiro atoms. The molecule has 0 saturated carbocycles. The Kier molecular flexibility index (Phi) is 8.02. The lowest BCUT2D eigenvalue weighted by Gasteiger charge is -2.28.